The minimum atomic E-state index is -0.337. The molecule has 5 atom stereocenters. The number of nitrogens with one attached hydrogen (secondary N) is 1. The average Bonchev–Trinajstić information content (AvgIpc) is 2.86. The molecular weight excluding hydrogens is 458 g/mol. The van der Waals surface area contributed by atoms with Crippen molar-refractivity contribution in [1.82, 2.24) is 10.2 Å². The van der Waals surface area contributed by atoms with Crippen LogP contribution in [0.2, 0.25) is 0 Å². The maximum Gasteiger partial charge on any atom is 0.269 e. The Labute approximate surface area is 221 Å². The number of carbonyl (C=O) groups excluding carboxylic acids is 1. The highest BCUT2D eigenvalue weighted by molar-refractivity contribution is 6.44. The Morgan fingerprint density at radius 3 is 2.37 bits per heavy atom. The maximum absolute atomic E-state index is 12.6. The Kier molecular flexibility index (Phi) is 17.2. The molecule has 2 aliphatic heterocycles. The van der Waals surface area contributed by atoms with Crippen LogP contribution in [0.25, 0.3) is 0 Å². The smallest absolute Gasteiger partial charge is 0.269 e. The number of ether oxygens (including phenoxy) is 1. The van der Waals surface area contributed by atoms with Crippen LogP contribution in [-0.4, -0.2) is 59.9 Å². The van der Waals surface area contributed by atoms with Gasteiger partial charge in [0.1, 0.15) is 11.2 Å². The first-order valence-electron chi connectivity index (χ1n) is 13.5. The van der Waals surface area contributed by atoms with Crippen LogP contribution in [0, 0.1) is 5.92 Å². The standard InChI is InChI=1S/C25H40ClN3O2.2C2H6/c1-16(2)19(5)22(12-11-18(4)31-7)20(6)29-14-13-21(15-17(29)3)27-25(30)23-9-8-10-24(26)28-23;2*1-2/h8-9,11-12,16-18,20-21,24H,10,13-15H2,1-7H3,(H,27,30);2*1-2H3/b12-11-,22-19+;;. The van der Waals surface area contributed by atoms with E-state index in [4.69, 9.17) is 16.3 Å². The Balaban J connectivity index is 0.00000274. The monoisotopic (exact) mass is 509 g/mol. The number of piperidine rings is 1. The van der Waals surface area contributed by atoms with E-state index < -0.39 is 0 Å². The van der Waals surface area contributed by atoms with Crippen molar-refractivity contribution in [3.8, 4) is 0 Å². The number of allylic oxidation sites excluding steroid dienone is 1. The van der Waals surface area contributed by atoms with Gasteiger partial charge in [0.15, 0.2) is 0 Å². The largest absolute Gasteiger partial charge is 0.378 e. The fourth-order valence-electron chi connectivity index (χ4n) is 4.26. The van der Waals surface area contributed by atoms with Gasteiger partial charge in [-0.2, -0.15) is 0 Å². The highest BCUT2D eigenvalue weighted by atomic mass is 35.5. The molecule has 5 nitrogen and oxygen atoms in total. The maximum atomic E-state index is 12.6. The van der Waals surface area contributed by atoms with E-state index in [0.29, 0.717) is 30.1 Å². The number of rotatable bonds is 8. The molecule has 0 radical (unpaired) electrons. The molecule has 6 heteroatoms. The van der Waals surface area contributed by atoms with Crippen molar-refractivity contribution >= 4 is 23.2 Å². The molecule has 0 aromatic carbocycles. The van der Waals surface area contributed by atoms with E-state index in [-0.39, 0.29) is 23.6 Å². The van der Waals surface area contributed by atoms with E-state index in [1.165, 1.54) is 11.1 Å². The topological polar surface area (TPSA) is 53.9 Å². The number of hydrogen-bond acceptors (Lipinski definition) is 4. The van der Waals surface area contributed by atoms with Gasteiger partial charge in [0.05, 0.1) is 6.10 Å². The minimum absolute atomic E-state index is 0.0878. The average molecular weight is 510 g/mol. The molecule has 0 spiro atoms. The SMILES string of the molecule is CC.CC.COC(C)/C=C\C(=C(\C)C(C)C)C(C)N1CCC(NC(=O)C2=NC(Cl)CC=C2)CC1C. The van der Waals surface area contributed by atoms with Crippen LogP contribution in [0.1, 0.15) is 88.5 Å². The summed E-state index contributed by atoms with van der Waals surface area (Å²) in [5.41, 5.74) is 2.87. The Morgan fingerprint density at radius 1 is 1.23 bits per heavy atom. The predicted octanol–water partition coefficient (Wildman–Crippen LogP) is 6.93. The van der Waals surface area contributed by atoms with Gasteiger partial charge < -0.3 is 10.1 Å². The van der Waals surface area contributed by atoms with Crippen LogP contribution in [-0.2, 0) is 9.53 Å². The van der Waals surface area contributed by atoms with Crippen LogP contribution >= 0.6 is 11.6 Å². The molecule has 1 amide bonds. The number of nitrogens with zero attached hydrogens (tertiary/aromatic N) is 2. The fraction of sp³-hybridized carbons (Fsp3) is 0.724. The van der Waals surface area contributed by atoms with Crippen molar-refractivity contribution in [3.05, 3.63) is 35.5 Å². The van der Waals surface area contributed by atoms with E-state index in [2.05, 4.69) is 68.9 Å². The first-order chi connectivity index (χ1) is 16.6. The fourth-order valence-corrected chi connectivity index (χ4v) is 4.47. The van der Waals surface area contributed by atoms with Gasteiger partial charge in [0.25, 0.3) is 5.91 Å². The molecule has 0 saturated carbocycles. The quantitative estimate of drug-likeness (QED) is 0.219. The van der Waals surface area contributed by atoms with Gasteiger partial charge in [-0.15, -0.1) is 0 Å². The molecule has 2 aliphatic rings. The predicted molar refractivity (Wildman–Crippen MR) is 153 cm³/mol. The van der Waals surface area contributed by atoms with Gasteiger partial charge in [-0.25, -0.2) is 0 Å². The lowest BCUT2D eigenvalue weighted by Crippen LogP contribution is -2.53. The van der Waals surface area contributed by atoms with Crippen molar-refractivity contribution < 1.29 is 9.53 Å². The summed E-state index contributed by atoms with van der Waals surface area (Å²) in [5, 5.41) is 3.17. The molecule has 0 aromatic rings. The van der Waals surface area contributed by atoms with E-state index in [1.807, 2.05) is 33.8 Å². The summed E-state index contributed by atoms with van der Waals surface area (Å²) in [5.74, 6) is 0.371. The molecule has 5 unspecified atom stereocenters. The lowest BCUT2D eigenvalue weighted by molar-refractivity contribution is -0.115. The molecular formula is C29H52ClN3O2. The summed E-state index contributed by atoms with van der Waals surface area (Å²) in [7, 11) is 1.74. The zero-order valence-corrected chi connectivity index (χ0v) is 24.9. The second-order valence-corrected chi connectivity index (χ2v) is 9.64. The van der Waals surface area contributed by atoms with Crippen LogP contribution < -0.4 is 5.32 Å². The van der Waals surface area contributed by atoms with Crippen LogP contribution in [0.15, 0.2) is 40.4 Å². The highest BCUT2D eigenvalue weighted by Gasteiger charge is 2.31. The number of aliphatic imine (C=N–C) groups is 1. The normalized spacial score (nSPS) is 24.9. The van der Waals surface area contributed by atoms with Crippen molar-refractivity contribution in [2.24, 2.45) is 10.9 Å². The van der Waals surface area contributed by atoms with Crippen LogP contribution in [0.3, 0.4) is 0 Å². The number of amides is 1. The Hall–Kier alpha value is -1.43. The van der Waals surface area contributed by atoms with Crippen molar-refractivity contribution in [1.29, 1.82) is 0 Å². The molecule has 2 heterocycles. The molecule has 35 heavy (non-hydrogen) atoms. The molecule has 2 rings (SSSR count). The van der Waals surface area contributed by atoms with Crippen molar-refractivity contribution in [2.75, 3.05) is 13.7 Å². The lowest BCUT2D eigenvalue weighted by Gasteiger charge is -2.42. The first-order valence-corrected chi connectivity index (χ1v) is 13.9. The summed E-state index contributed by atoms with van der Waals surface area (Å²) < 4.78 is 5.41. The molecule has 0 bridgehead atoms. The van der Waals surface area contributed by atoms with Gasteiger partial charge in [0.2, 0.25) is 0 Å². The number of alkyl halides is 1. The van der Waals surface area contributed by atoms with E-state index >= 15 is 0 Å². The third kappa shape index (κ3) is 11.0. The van der Waals surface area contributed by atoms with Crippen molar-refractivity contribution in [2.45, 2.75) is 118 Å². The second-order valence-electron chi connectivity index (χ2n) is 9.14. The zero-order chi connectivity index (χ0) is 27.1. The second kappa shape index (κ2) is 17.9. The van der Waals surface area contributed by atoms with Gasteiger partial charge in [-0.05, 0) is 58.1 Å². The summed E-state index contributed by atoms with van der Waals surface area (Å²) in [6.45, 7) is 22.3. The van der Waals surface area contributed by atoms with Crippen LogP contribution in [0.5, 0.6) is 0 Å². The van der Waals surface area contributed by atoms with Crippen LogP contribution in [0.4, 0.5) is 0 Å². The minimum Gasteiger partial charge on any atom is -0.378 e. The summed E-state index contributed by atoms with van der Waals surface area (Å²) in [6.07, 6.45) is 10.7. The third-order valence-electron chi connectivity index (χ3n) is 6.57. The lowest BCUT2D eigenvalue weighted by atomic mass is 9.89. The molecule has 1 saturated heterocycles. The number of halogens is 1. The van der Waals surface area contributed by atoms with E-state index in [1.54, 1.807) is 13.2 Å². The molecule has 0 aromatic heterocycles. The van der Waals surface area contributed by atoms with E-state index in [0.717, 1.165) is 19.4 Å². The van der Waals surface area contributed by atoms with Gasteiger partial charge in [0, 0.05) is 38.2 Å². The Bertz CT molecular complexity index is 742. The third-order valence-corrected chi connectivity index (χ3v) is 6.84. The molecule has 1 fully saturated rings. The highest BCUT2D eigenvalue weighted by Crippen LogP contribution is 2.27. The number of dihydropyridines is 1. The summed E-state index contributed by atoms with van der Waals surface area (Å²) >= 11 is 6.06. The Morgan fingerprint density at radius 2 is 1.86 bits per heavy atom. The molecule has 0 aliphatic carbocycles. The number of hydrogen-bond donors (Lipinski definition) is 1. The molecule has 202 valence electrons. The number of carbonyl (C=O) groups is 1. The number of methoxy groups -OCH3 is 1. The van der Waals surface area contributed by atoms with Crippen molar-refractivity contribution in [3.63, 3.8) is 0 Å². The first kappa shape index (κ1) is 33.6. The summed E-state index contributed by atoms with van der Waals surface area (Å²) in [6, 6.07) is 0.819. The molecule has 1 N–H and O–H groups in total. The van der Waals surface area contributed by atoms with Gasteiger partial charge >= 0.3 is 0 Å². The number of likely N-dealkylation sites (tertiary alicyclic amines) is 1. The van der Waals surface area contributed by atoms with E-state index in [9.17, 15) is 4.79 Å². The van der Waals surface area contributed by atoms with Gasteiger partial charge in [-0.1, -0.05) is 76.9 Å². The summed E-state index contributed by atoms with van der Waals surface area (Å²) in [4.78, 5) is 19.4. The zero-order valence-electron chi connectivity index (χ0n) is 24.2. The van der Waals surface area contributed by atoms with Gasteiger partial charge in [-0.3, -0.25) is 14.7 Å².